The highest BCUT2D eigenvalue weighted by Gasteiger charge is 2.16. The second-order valence-corrected chi connectivity index (χ2v) is 7.01. The van der Waals surface area contributed by atoms with Crippen LogP contribution in [0.25, 0.3) is 5.57 Å². The number of carbonyl (C=O) groups is 1. The van der Waals surface area contributed by atoms with E-state index in [0.717, 1.165) is 24.2 Å². The van der Waals surface area contributed by atoms with Crippen LogP contribution < -0.4 is 15.5 Å². The average molecular weight is 411 g/mol. The summed E-state index contributed by atoms with van der Waals surface area (Å²) in [5.74, 6) is 0.856. The predicted octanol–water partition coefficient (Wildman–Crippen LogP) is 3.14. The smallest absolute Gasteiger partial charge is 0.251 e. The molecule has 8 nitrogen and oxygen atoms in total. The van der Waals surface area contributed by atoms with Crippen LogP contribution in [-0.2, 0) is 0 Å². The first-order chi connectivity index (χ1) is 15.2. The molecule has 0 radical (unpaired) electrons. The van der Waals surface area contributed by atoms with Crippen LogP contribution in [0.2, 0.25) is 0 Å². The lowest BCUT2D eigenvalue weighted by molar-refractivity contribution is 0.0963. The first-order valence-corrected chi connectivity index (χ1v) is 9.89. The van der Waals surface area contributed by atoms with Crippen molar-refractivity contribution in [1.82, 2.24) is 20.3 Å². The van der Waals surface area contributed by atoms with Crippen LogP contribution in [0.3, 0.4) is 0 Å². The van der Waals surface area contributed by atoms with E-state index in [4.69, 9.17) is 5.26 Å². The van der Waals surface area contributed by atoms with E-state index in [-0.39, 0.29) is 5.91 Å². The zero-order chi connectivity index (χ0) is 21.6. The topological polar surface area (TPSA) is 107 Å². The van der Waals surface area contributed by atoms with Gasteiger partial charge >= 0.3 is 0 Å². The van der Waals surface area contributed by atoms with Crippen molar-refractivity contribution in [1.29, 1.82) is 5.26 Å². The quantitative estimate of drug-likeness (QED) is 0.664. The Morgan fingerprint density at radius 2 is 2.00 bits per heavy atom. The largest absolute Gasteiger partial charge is 0.355 e. The summed E-state index contributed by atoms with van der Waals surface area (Å²) in [5, 5.41) is 14.7. The van der Waals surface area contributed by atoms with Crippen LogP contribution in [0.5, 0.6) is 0 Å². The van der Waals surface area contributed by atoms with Gasteiger partial charge in [-0.25, -0.2) is 9.97 Å². The second kappa shape index (κ2) is 9.05. The third kappa shape index (κ3) is 4.67. The van der Waals surface area contributed by atoms with Gasteiger partial charge in [0.25, 0.3) is 5.91 Å². The summed E-state index contributed by atoms with van der Waals surface area (Å²) >= 11 is 0. The van der Waals surface area contributed by atoms with E-state index in [1.807, 2.05) is 30.3 Å². The number of hydrogen-bond donors (Lipinski definition) is 2. The highest BCUT2D eigenvalue weighted by Crippen LogP contribution is 2.25. The van der Waals surface area contributed by atoms with Gasteiger partial charge in [-0.3, -0.25) is 4.79 Å². The lowest BCUT2D eigenvalue weighted by Crippen LogP contribution is -2.30. The maximum Gasteiger partial charge on any atom is 0.251 e. The number of hydrogen-bond acceptors (Lipinski definition) is 7. The monoisotopic (exact) mass is 411 g/mol. The first-order valence-electron chi connectivity index (χ1n) is 9.89. The molecule has 154 valence electrons. The van der Waals surface area contributed by atoms with Gasteiger partial charge in [0.15, 0.2) is 0 Å². The highest BCUT2D eigenvalue weighted by molar-refractivity contribution is 5.95. The Bertz CT molecular complexity index is 1170. The van der Waals surface area contributed by atoms with Crippen molar-refractivity contribution < 1.29 is 4.79 Å². The van der Waals surface area contributed by atoms with Gasteiger partial charge in [-0.05, 0) is 47.9 Å². The molecule has 1 aliphatic rings. The number of anilines is 3. The fourth-order valence-corrected chi connectivity index (χ4v) is 3.38. The van der Waals surface area contributed by atoms with E-state index in [9.17, 15) is 4.79 Å². The van der Waals surface area contributed by atoms with Crippen LogP contribution in [0.1, 0.15) is 27.9 Å². The fraction of sp³-hybridized carbons (Fsp3) is 0.174. The van der Waals surface area contributed by atoms with Gasteiger partial charge < -0.3 is 15.5 Å². The zero-order valence-corrected chi connectivity index (χ0v) is 17.0. The molecular weight excluding hydrogens is 390 g/mol. The number of carbonyl (C=O) groups excluding carboxylic acids is 1. The van der Waals surface area contributed by atoms with Crippen molar-refractivity contribution in [2.24, 2.45) is 0 Å². The number of nitriles is 1. The molecule has 4 rings (SSSR count). The summed E-state index contributed by atoms with van der Waals surface area (Å²) in [6, 6.07) is 16.9. The summed E-state index contributed by atoms with van der Waals surface area (Å²) in [5.41, 5.74) is 4.32. The average Bonchev–Trinajstić information content (AvgIpc) is 2.84. The number of benzene rings is 2. The van der Waals surface area contributed by atoms with Crippen molar-refractivity contribution in [3.63, 3.8) is 0 Å². The van der Waals surface area contributed by atoms with Crippen LogP contribution in [-0.4, -0.2) is 41.0 Å². The molecule has 0 spiro atoms. The molecule has 31 heavy (non-hydrogen) atoms. The molecule has 0 fully saturated rings. The van der Waals surface area contributed by atoms with Crippen LogP contribution in [0, 0.1) is 11.3 Å². The lowest BCUT2D eigenvalue weighted by atomic mass is 9.99. The van der Waals surface area contributed by atoms with Gasteiger partial charge in [-0.2, -0.15) is 10.2 Å². The molecule has 2 N–H and O–H groups in total. The van der Waals surface area contributed by atoms with Crippen molar-refractivity contribution in [3.05, 3.63) is 77.6 Å². The molecule has 0 aliphatic carbocycles. The Morgan fingerprint density at radius 1 is 1.16 bits per heavy atom. The lowest BCUT2D eigenvalue weighted by Gasteiger charge is -2.26. The molecule has 8 heteroatoms. The number of nitrogens with zero attached hydrogens (tertiary/aromatic N) is 5. The summed E-state index contributed by atoms with van der Waals surface area (Å²) in [6.07, 6.45) is 4.50. The minimum Gasteiger partial charge on any atom is -0.355 e. The number of rotatable bonds is 5. The Labute approximate surface area is 180 Å². The molecule has 1 amide bonds. The molecule has 0 saturated carbocycles. The molecule has 2 aromatic carbocycles. The standard InChI is InChI=1S/C23H21N7O/c1-25-21(31)19-3-2-4-20(13-19)28-22-26-15-27-23(29-22)30-11-9-18(10-12-30)17-7-5-16(14-24)6-8-17/h2-9,13,15H,10-12H2,1H3,(H,25,31)(H,26,27,28,29). The molecular formula is C23H21N7O. The van der Waals surface area contributed by atoms with Crippen molar-refractivity contribution in [3.8, 4) is 6.07 Å². The van der Waals surface area contributed by atoms with E-state index in [2.05, 4.69) is 42.6 Å². The van der Waals surface area contributed by atoms with Gasteiger partial charge in [0.2, 0.25) is 11.9 Å². The predicted molar refractivity (Wildman–Crippen MR) is 119 cm³/mol. The summed E-state index contributed by atoms with van der Waals surface area (Å²) < 4.78 is 0. The Balaban J connectivity index is 1.46. The van der Waals surface area contributed by atoms with Crippen molar-refractivity contribution in [2.75, 3.05) is 30.4 Å². The van der Waals surface area contributed by atoms with Gasteiger partial charge in [-0.15, -0.1) is 0 Å². The van der Waals surface area contributed by atoms with E-state index < -0.39 is 0 Å². The molecule has 0 unspecified atom stereocenters. The fourth-order valence-electron chi connectivity index (χ4n) is 3.38. The Morgan fingerprint density at radius 3 is 2.71 bits per heavy atom. The van der Waals surface area contributed by atoms with Crippen molar-refractivity contribution >= 4 is 29.1 Å². The summed E-state index contributed by atoms with van der Waals surface area (Å²) in [4.78, 5) is 27.0. The maximum absolute atomic E-state index is 11.8. The zero-order valence-electron chi connectivity index (χ0n) is 17.0. The minimum atomic E-state index is -0.154. The second-order valence-electron chi connectivity index (χ2n) is 7.01. The summed E-state index contributed by atoms with van der Waals surface area (Å²) in [7, 11) is 1.60. The van der Waals surface area contributed by atoms with E-state index in [1.165, 1.54) is 11.9 Å². The third-order valence-electron chi connectivity index (χ3n) is 5.04. The SMILES string of the molecule is CNC(=O)c1cccc(Nc2ncnc(N3CC=C(c4ccc(C#N)cc4)CC3)n2)c1. The van der Waals surface area contributed by atoms with Gasteiger partial charge in [0.05, 0.1) is 11.6 Å². The van der Waals surface area contributed by atoms with Crippen molar-refractivity contribution in [2.45, 2.75) is 6.42 Å². The Hall–Kier alpha value is -4.25. The van der Waals surface area contributed by atoms with E-state index >= 15 is 0 Å². The molecule has 2 heterocycles. The molecule has 3 aromatic rings. The maximum atomic E-state index is 11.8. The van der Waals surface area contributed by atoms with E-state index in [0.29, 0.717) is 29.6 Å². The molecule has 0 atom stereocenters. The molecule has 1 aromatic heterocycles. The van der Waals surface area contributed by atoms with Gasteiger partial charge in [0, 0.05) is 31.4 Å². The normalized spacial score (nSPS) is 13.2. The molecule has 0 bridgehead atoms. The molecule has 1 aliphatic heterocycles. The van der Waals surface area contributed by atoms with Crippen LogP contribution >= 0.6 is 0 Å². The third-order valence-corrected chi connectivity index (χ3v) is 5.04. The van der Waals surface area contributed by atoms with E-state index in [1.54, 1.807) is 25.2 Å². The van der Waals surface area contributed by atoms with Crippen LogP contribution in [0.15, 0.2) is 60.9 Å². The number of nitrogens with one attached hydrogen (secondary N) is 2. The first kappa shape index (κ1) is 20.0. The van der Waals surface area contributed by atoms with Gasteiger partial charge in [0.1, 0.15) is 6.33 Å². The van der Waals surface area contributed by atoms with Crippen LogP contribution in [0.4, 0.5) is 17.6 Å². The number of aromatic nitrogens is 3. The Kier molecular flexibility index (Phi) is 5.85. The minimum absolute atomic E-state index is 0.154. The van der Waals surface area contributed by atoms with Gasteiger partial charge in [-0.1, -0.05) is 24.3 Å². The summed E-state index contributed by atoms with van der Waals surface area (Å²) in [6.45, 7) is 1.46. The number of amides is 1. The highest BCUT2D eigenvalue weighted by atomic mass is 16.1. The molecule has 0 saturated heterocycles.